The van der Waals surface area contributed by atoms with Crippen LogP contribution in [0, 0.1) is 0 Å². The van der Waals surface area contributed by atoms with E-state index in [1.54, 1.807) is 6.21 Å². The van der Waals surface area contributed by atoms with Crippen LogP contribution in [-0.2, 0) is 0 Å². The molecule has 1 heterocycles. The van der Waals surface area contributed by atoms with Crippen molar-refractivity contribution in [2.75, 3.05) is 26.2 Å². The Morgan fingerprint density at radius 3 is 1.97 bits per heavy atom. The maximum Gasteiger partial charge on any atom is 0.0657 e. The molecule has 0 N–H and O–H groups in total. The Bertz CT molecular complexity index is 1040. The maximum absolute atomic E-state index is 6.35. The third-order valence-corrected chi connectivity index (χ3v) is 6.11. The Morgan fingerprint density at radius 2 is 1.33 bits per heavy atom. The predicted molar refractivity (Wildman–Crippen MR) is 126 cm³/mol. The summed E-state index contributed by atoms with van der Waals surface area (Å²) in [4.78, 5) is 2.58. The molecule has 0 atom stereocenters. The van der Waals surface area contributed by atoms with Crippen molar-refractivity contribution in [3.8, 4) is 11.1 Å². The van der Waals surface area contributed by atoms with E-state index in [1.165, 1.54) is 22.3 Å². The van der Waals surface area contributed by atoms with Gasteiger partial charge in [-0.1, -0.05) is 90.5 Å². The average molecular weight is 414 g/mol. The molecule has 1 fully saturated rings. The van der Waals surface area contributed by atoms with Crippen LogP contribution in [0.1, 0.15) is 22.7 Å². The van der Waals surface area contributed by atoms with Crippen LogP contribution in [0.5, 0.6) is 0 Å². The molecule has 0 radical (unpaired) electrons. The van der Waals surface area contributed by atoms with Gasteiger partial charge in [0.25, 0.3) is 0 Å². The van der Waals surface area contributed by atoms with Gasteiger partial charge in [-0.15, -0.1) is 0 Å². The van der Waals surface area contributed by atoms with Gasteiger partial charge in [-0.3, -0.25) is 9.91 Å². The number of hydrogen-bond acceptors (Lipinski definition) is 3. The van der Waals surface area contributed by atoms with Crippen LogP contribution in [0.3, 0.4) is 0 Å². The van der Waals surface area contributed by atoms with Crippen molar-refractivity contribution in [1.29, 1.82) is 0 Å². The summed E-state index contributed by atoms with van der Waals surface area (Å²) in [6, 6.07) is 28.0. The number of benzene rings is 3. The van der Waals surface area contributed by atoms with Crippen molar-refractivity contribution in [2.45, 2.75) is 6.04 Å². The zero-order valence-corrected chi connectivity index (χ0v) is 17.5. The molecule has 150 valence electrons. The van der Waals surface area contributed by atoms with Gasteiger partial charge < -0.3 is 0 Å². The normalized spacial score (nSPS) is 17.4. The fourth-order valence-electron chi connectivity index (χ4n) is 4.49. The van der Waals surface area contributed by atoms with Gasteiger partial charge in [0, 0.05) is 26.2 Å². The molecule has 0 unspecified atom stereocenters. The largest absolute Gasteiger partial charge is 0.294 e. The summed E-state index contributed by atoms with van der Waals surface area (Å²) in [5.41, 5.74) is 6.67. The van der Waals surface area contributed by atoms with Gasteiger partial charge in [-0.25, -0.2) is 0 Å². The molecule has 0 amide bonds. The first-order chi connectivity index (χ1) is 14.8. The molecule has 0 saturated carbocycles. The summed E-state index contributed by atoms with van der Waals surface area (Å²) in [6.07, 6.45) is 3.69. The fourth-order valence-corrected chi connectivity index (χ4v) is 4.66. The quantitative estimate of drug-likeness (QED) is 0.515. The highest BCUT2D eigenvalue weighted by Crippen LogP contribution is 2.46. The molecule has 3 nitrogen and oxygen atoms in total. The minimum atomic E-state index is 0.338. The summed E-state index contributed by atoms with van der Waals surface area (Å²) in [5.74, 6) is 0. The van der Waals surface area contributed by atoms with Gasteiger partial charge in [-0.05, 0) is 33.9 Å². The molecule has 4 heteroatoms. The standard InChI is InChI=1S/C26H24ClN3/c27-21(18-20-8-2-1-3-9-20)19-28-30-16-14-29(15-17-30)26-24-12-6-4-10-22(24)23-11-5-7-13-25(23)26/h1-13,18-19,26H,14-17H2/b21-18-,28-19-. The van der Waals surface area contributed by atoms with Gasteiger partial charge in [-0.2, -0.15) is 5.10 Å². The van der Waals surface area contributed by atoms with Gasteiger partial charge in [0.1, 0.15) is 0 Å². The van der Waals surface area contributed by atoms with Crippen molar-refractivity contribution in [3.05, 3.63) is 101 Å². The van der Waals surface area contributed by atoms with E-state index >= 15 is 0 Å². The molecule has 1 aliphatic carbocycles. The van der Waals surface area contributed by atoms with E-state index < -0.39 is 0 Å². The number of hydrazone groups is 1. The minimum Gasteiger partial charge on any atom is -0.294 e. The number of nitrogens with zero attached hydrogens (tertiary/aromatic N) is 3. The highest BCUT2D eigenvalue weighted by Gasteiger charge is 2.33. The number of fused-ring (bicyclic) bond motifs is 3. The van der Waals surface area contributed by atoms with E-state index in [0.717, 1.165) is 31.7 Å². The Kier molecular flexibility index (Phi) is 5.39. The van der Waals surface area contributed by atoms with E-state index in [-0.39, 0.29) is 0 Å². The van der Waals surface area contributed by atoms with Crippen LogP contribution < -0.4 is 0 Å². The number of piperazine rings is 1. The number of hydrogen-bond donors (Lipinski definition) is 0. The molecule has 5 rings (SSSR count). The lowest BCUT2D eigenvalue weighted by atomic mass is 10.0. The third-order valence-electron chi connectivity index (χ3n) is 5.91. The molecule has 0 aromatic heterocycles. The zero-order chi connectivity index (χ0) is 20.3. The van der Waals surface area contributed by atoms with Gasteiger partial charge in [0.2, 0.25) is 0 Å². The van der Waals surface area contributed by atoms with Crippen molar-refractivity contribution in [2.24, 2.45) is 5.10 Å². The second kappa shape index (κ2) is 8.47. The van der Waals surface area contributed by atoms with Gasteiger partial charge in [0.15, 0.2) is 0 Å². The Labute approximate surface area is 182 Å². The minimum absolute atomic E-state index is 0.338. The highest BCUT2D eigenvalue weighted by atomic mass is 35.5. The first kappa shape index (κ1) is 19.1. The molecular weight excluding hydrogens is 390 g/mol. The van der Waals surface area contributed by atoms with Crippen LogP contribution in [0.2, 0.25) is 0 Å². The van der Waals surface area contributed by atoms with Crippen molar-refractivity contribution in [1.82, 2.24) is 9.91 Å². The molecule has 1 saturated heterocycles. The summed E-state index contributed by atoms with van der Waals surface area (Å²) in [6.45, 7) is 3.75. The molecule has 1 aliphatic heterocycles. The van der Waals surface area contributed by atoms with Crippen molar-refractivity contribution in [3.63, 3.8) is 0 Å². The summed E-state index contributed by atoms with van der Waals surface area (Å²) in [5, 5.41) is 7.37. The zero-order valence-electron chi connectivity index (χ0n) is 16.8. The van der Waals surface area contributed by atoms with Gasteiger partial charge in [0.05, 0.1) is 17.3 Å². The van der Waals surface area contributed by atoms with E-state index in [9.17, 15) is 0 Å². The average Bonchev–Trinajstić information content (AvgIpc) is 3.13. The van der Waals surface area contributed by atoms with E-state index in [0.29, 0.717) is 11.1 Å². The summed E-state index contributed by atoms with van der Waals surface area (Å²) in [7, 11) is 0. The number of halogens is 1. The lowest BCUT2D eigenvalue weighted by Gasteiger charge is -2.37. The van der Waals surface area contributed by atoms with Crippen LogP contribution in [0.4, 0.5) is 0 Å². The Balaban J connectivity index is 1.27. The summed E-state index contributed by atoms with van der Waals surface area (Å²) >= 11 is 6.35. The molecule has 0 spiro atoms. The number of allylic oxidation sites excluding steroid dienone is 1. The molecular formula is C26H24ClN3. The second-order valence-electron chi connectivity index (χ2n) is 7.75. The second-order valence-corrected chi connectivity index (χ2v) is 8.19. The first-order valence-electron chi connectivity index (χ1n) is 10.4. The third kappa shape index (κ3) is 3.79. The lowest BCUT2D eigenvalue weighted by molar-refractivity contribution is 0.114. The lowest BCUT2D eigenvalue weighted by Crippen LogP contribution is -2.45. The van der Waals surface area contributed by atoms with E-state index in [4.69, 9.17) is 11.6 Å². The number of rotatable bonds is 4. The SMILES string of the molecule is ClC(/C=N\N1CCN(C2c3ccccc3-c3ccccc32)CC1)=C\c1ccccc1. The molecule has 30 heavy (non-hydrogen) atoms. The highest BCUT2D eigenvalue weighted by molar-refractivity contribution is 6.41. The van der Waals surface area contributed by atoms with Gasteiger partial charge >= 0.3 is 0 Å². The van der Waals surface area contributed by atoms with E-state index in [2.05, 4.69) is 63.5 Å². The fraction of sp³-hybridized carbons (Fsp3) is 0.192. The molecule has 3 aromatic carbocycles. The summed E-state index contributed by atoms with van der Waals surface area (Å²) < 4.78 is 0. The predicted octanol–water partition coefficient (Wildman–Crippen LogP) is 5.64. The molecule has 3 aromatic rings. The van der Waals surface area contributed by atoms with Crippen molar-refractivity contribution >= 4 is 23.9 Å². The Hall–Kier alpha value is -2.88. The van der Waals surface area contributed by atoms with E-state index in [1.807, 2.05) is 36.4 Å². The molecule has 0 bridgehead atoms. The Morgan fingerprint density at radius 1 is 0.767 bits per heavy atom. The topological polar surface area (TPSA) is 18.8 Å². The monoisotopic (exact) mass is 413 g/mol. The molecule has 2 aliphatic rings. The first-order valence-corrected chi connectivity index (χ1v) is 10.8. The van der Waals surface area contributed by atoms with Crippen LogP contribution in [-0.4, -0.2) is 42.3 Å². The van der Waals surface area contributed by atoms with Crippen LogP contribution >= 0.6 is 11.6 Å². The maximum atomic E-state index is 6.35. The van der Waals surface area contributed by atoms with Crippen LogP contribution in [0.15, 0.2) is 89.0 Å². The smallest absolute Gasteiger partial charge is 0.0657 e. The van der Waals surface area contributed by atoms with Crippen molar-refractivity contribution < 1.29 is 0 Å². The van der Waals surface area contributed by atoms with Crippen LogP contribution in [0.25, 0.3) is 17.2 Å².